The first-order valence-corrected chi connectivity index (χ1v) is 13.9. The Kier molecular flexibility index (Phi) is 13.1. The van der Waals surface area contributed by atoms with E-state index in [1.165, 1.54) is 0 Å². The third kappa shape index (κ3) is 10.4. The maximum Gasteiger partial charge on any atom is 0.305 e. The van der Waals surface area contributed by atoms with Crippen molar-refractivity contribution < 1.29 is 75.4 Å². The number of esters is 5. The van der Waals surface area contributed by atoms with E-state index < -0.39 is 105 Å². The lowest BCUT2D eigenvalue weighted by Gasteiger charge is -2.46. The second kappa shape index (κ2) is 16.5. The fraction of sp³-hybridized carbons (Fsp3) is 0.621. The third-order valence-electron chi connectivity index (χ3n) is 6.51. The standard InChI is InChI=1S/C29H36F2O14/c1-14(32)37-12-20-24(39-11-19-9-7-6-8-10-19)26(40-16(3)34)22(30)29(43-20)45-25-21(13-38-15(2)33)44-28(42-18(5)36)23(31)27(25)41-17(4)35/h6-10,20-29H,11-13H2,1-5H3/t20-,21-,22-,23-,24-,25-,26-,27-,28?,29-/m1/s1. The lowest BCUT2D eigenvalue weighted by Crippen LogP contribution is -2.65. The molecule has 16 heteroatoms. The largest absolute Gasteiger partial charge is 0.463 e. The quantitative estimate of drug-likeness (QED) is 0.237. The zero-order chi connectivity index (χ0) is 33.3. The van der Waals surface area contributed by atoms with Gasteiger partial charge in [-0.1, -0.05) is 30.3 Å². The lowest BCUT2D eigenvalue weighted by molar-refractivity contribution is -0.347. The van der Waals surface area contributed by atoms with Gasteiger partial charge in [0.2, 0.25) is 12.5 Å². The summed E-state index contributed by atoms with van der Waals surface area (Å²) in [5, 5.41) is 0. The molecule has 14 nitrogen and oxygen atoms in total. The number of alkyl halides is 2. The Hall–Kier alpha value is -3.73. The lowest BCUT2D eigenvalue weighted by atomic mass is 9.97. The highest BCUT2D eigenvalue weighted by molar-refractivity contribution is 5.67. The number of carbonyl (C=O) groups excluding carboxylic acids is 5. The highest BCUT2D eigenvalue weighted by Crippen LogP contribution is 2.35. The smallest absolute Gasteiger partial charge is 0.305 e. The molecule has 250 valence electrons. The maximum absolute atomic E-state index is 16.2. The average molecular weight is 647 g/mol. The van der Waals surface area contributed by atoms with Crippen LogP contribution in [0.3, 0.4) is 0 Å². The first-order chi connectivity index (χ1) is 21.3. The minimum absolute atomic E-state index is 0.0715. The number of hydrogen-bond donors (Lipinski definition) is 0. The van der Waals surface area contributed by atoms with Crippen molar-refractivity contribution in [2.75, 3.05) is 13.2 Å². The molecule has 1 aromatic carbocycles. The Morgan fingerprint density at radius 1 is 0.622 bits per heavy atom. The monoisotopic (exact) mass is 646 g/mol. The molecule has 45 heavy (non-hydrogen) atoms. The fourth-order valence-electron chi connectivity index (χ4n) is 4.71. The number of halogens is 2. The normalized spacial score (nSPS) is 31.3. The Morgan fingerprint density at radius 2 is 1.09 bits per heavy atom. The van der Waals surface area contributed by atoms with E-state index in [-0.39, 0.29) is 6.61 Å². The highest BCUT2D eigenvalue weighted by Gasteiger charge is 2.56. The van der Waals surface area contributed by atoms with Gasteiger partial charge in [-0.25, -0.2) is 8.78 Å². The van der Waals surface area contributed by atoms with Crippen LogP contribution in [0.4, 0.5) is 8.78 Å². The maximum atomic E-state index is 16.2. The molecule has 0 spiro atoms. The van der Waals surface area contributed by atoms with Gasteiger partial charge in [-0.2, -0.15) is 0 Å². The molecule has 2 heterocycles. The molecule has 3 rings (SSSR count). The molecule has 10 atom stereocenters. The first kappa shape index (κ1) is 35.7. The number of ether oxygens (including phenoxy) is 9. The molecule has 0 aromatic heterocycles. The van der Waals surface area contributed by atoms with E-state index in [1.54, 1.807) is 30.3 Å². The highest BCUT2D eigenvalue weighted by atomic mass is 19.1. The summed E-state index contributed by atoms with van der Waals surface area (Å²) >= 11 is 0. The molecule has 1 unspecified atom stereocenters. The summed E-state index contributed by atoms with van der Waals surface area (Å²) in [5.41, 5.74) is 0.687. The van der Waals surface area contributed by atoms with Gasteiger partial charge in [0.05, 0.1) is 6.61 Å². The minimum atomic E-state index is -2.35. The number of carbonyl (C=O) groups is 5. The Balaban J connectivity index is 1.96. The molecule has 2 fully saturated rings. The summed E-state index contributed by atoms with van der Waals surface area (Å²) in [6.45, 7) is 4.00. The first-order valence-electron chi connectivity index (χ1n) is 13.9. The summed E-state index contributed by atoms with van der Waals surface area (Å²) in [7, 11) is 0. The van der Waals surface area contributed by atoms with Crippen LogP contribution in [0.2, 0.25) is 0 Å². The van der Waals surface area contributed by atoms with Crippen molar-refractivity contribution in [2.45, 2.75) is 103 Å². The number of rotatable bonds is 12. The van der Waals surface area contributed by atoms with Crippen LogP contribution in [0.1, 0.15) is 40.2 Å². The summed E-state index contributed by atoms with van der Waals surface area (Å²) in [6, 6.07) is 8.76. The van der Waals surface area contributed by atoms with Crippen molar-refractivity contribution in [2.24, 2.45) is 0 Å². The summed E-state index contributed by atoms with van der Waals surface area (Å²) in [4.78, 5) is 58.9. The Morgan fingerprint density at radius 3 is 1.60 bits per heavy atom. The van der Waals surface area contributed by atoms with E-state index in [0.717, 1.165) is 34.6 Å². The predicted molar refractivity (Wildman–Crippen MR) is 143 cm³/mol. The summed E-state index contributed by atoms with van der Waals surface area (Å²) in [6.07, 6.45) is -18.0. The molecule has 0 radical (unpaired) electrons. The van der Waals surface area contributed by atoms with Crippen molar-refractivity contribution in [1.29, 1.82) is 0 Å². The van der Waals surface area contributed by atoms with Gasteiger partial charge in [0.25, 0.3) is 0 Å². The molecule has 0 aliphatic carbocycles. The molecular weight excluding hydrogens is 610 g/mol. The molecule has 0 N–H and O–H groups in total. The molecule has 0 saturated carbocycles. The van der Waals surface area contributed by atoms with Crippen LogP contribution in [0.5, 0.6) is 0 Å². The van der Waals surface area contributed by atoms with Crippen LogP contribution < -0.4 is 0 Å². The van der Waals surface area contributed by atoms with Crippen LogP contribution in [-0.4, -0.2) is 105 Å². The predicted octanol–water partition coefficient (Wildman–Crippen LogP) is 1.64. The zero-order valence-corrected chi connectivity index (χ0v) is 25.3. The van der Waals surface area contributed by atoms with Gasteiger partial charge in [-0.05, 0) is 5.56 Å². The van der Waals surface area contributed by atoms with Crippen molar-refractivity contribution in [3.8, 4) is 0 Å². The van der Waals surface area contributed by atoms with E-state index in [2.05, 4.69) is 0 Å². The second-order valence-electron chi connectivity index (χ2n) is 10.2. The van der Waals surface area contributed by atoms with Crippen molar-refractivity contribution in [1.82, 2.24) is 0 Å². The summed E-state index contributed by atoms with van der Waals surface area (Å²) < 4.78 is 80.3. The van der Waals surface area contributed by atoms with Crippen LogP contribution in [0.25, 0.3) is 0 Å². The molecule has 2 aliphatic rings. The Bertz CT molecular complexity index is 1180. The Labute approximate surface area is 257 Å². The van der Waals surface area contributed by atoms with Crippen molar-refractivity contribution in [3.63, 3.8) is 0 Å². The molecular formula is C29H36F2O14. The molecule has 2 aliphatic heterocycles. The SMILES string of the molecule is CC(=O)OC[C@H]1O[C@H](O[C@H]2[C@H](OC(C)=O)[C@@H](F)C(OC(C)=O)O[C@@H]2COC(C)=O)[C@H](F)[C@@H](OC(C)=O)[C@@H]1OCc1ccccc1. The topological polar surface area (TPSA) is 168 Å². The zero-order valence-electron chi connectivity index (χ0n) is 25.3. The van der Waals surface area contributed by atoms with Crippen LogP contribution in [0, 0.1) is 0 Å². The number of hydrogen-bond acceptors (Lipinski definition) is 14. The van der Waals surface area contributed by atoms with Crippen LogP contribution in [-0.2, 0) is 73.2 Å². The minimum Gasteiger partial charge on any atom is -0.463 e. The van der Waals surface area contributed by atoms with E-state index in [9.17, 15) is 24.0 Å². The third-order valence-corrected chi connectivity index (χ3v) is 6.51. The van der Waals surface area contributed by atoms with Gasteiger partial charge in [0.1, 0.15) is 37.6 Å². The van der Waals surface area contributed by atoms with Crippen LogP contribution in [0.15, 0.2) is 30.3 Å². The van der Waals surface area contributed by atoms with Gasteiger partial charge in [0.15, 0.2) is 24.7 Å². The van der Waals surface area contributed by atoms with Gasteiger partial charge in [-0.15, -0.1) is 0 Å². The molecule has 2 saturated heterocycles. The fourth-order valence-corrected chi connectivity index (χ4v) is 4.71. The van der Waals surface area contributed by atoms with Gasteiger partial charge < -0.3 is 42.6 Å². The van der Waals surface area contributed by atoms with Gasteiger partial charge in [0, 0.05) is 34.6 Å². The van der Waals surface area contributed by atoms with E-state index in [1.807, 2.05) is 0 Å². The molecule has 0 bridgehead atoms. The van der Waals surface area contributed by atoms with Gasteiger partial charge in [-0.3, -0.25) is 24.0 Å². The number of benzene rings is 1. The molecule has 0 amide bonds. The van der Waals surface area contributed by atoms with E-state index >= 15 is 8.78 Å². The van der Waals surface area contributed by atoms with Crippen molar-refractivity contribution >= 4 is 29.8 Å². The van der Waals surface area contributed by atoms with Gasteiger partial charge >= 0.3 is 29.8 Å². The van der Waals surface area contributed by atoms with Crippen LogP contribution >= 0.6 is 0 Å². The van der Waals surface area contributed by atoms with Crippen molar-refractivity contribution in [3.05, 3.63) is 35.9 Å². The average Bonchev–Trinajstić information content (AvgIpc) is 2.95. The summed E-state index contributed by atoms with van der Waals surface area (Å²) in [5.74, 6) is -4.29. The second-order valence-corrected chi connectivity index (χ2v) is 10.2. The van der Waals surface area contributed by atoms with E-state index in [4.69, 9.17) is 42.6 Å². The van der Waals surface area contributed by atoms with E-state index in [0.29, 0.717) is 5.56 Å². The molecule has 1 aromatic rings.